The van der Waals surface area contributed by atoms with E-state index in [9.17, 15) is 24.0 Å². The quantitative estimate of drug-likeness (QED) is 0.145. The highest BCUT2D eigenvalue weighted by Crippen LogP contribution is 2.24. The van der Waals surface area contributed by atoms with Crippen LogP contribution < -0.4 is 21.3 Å². The molecular formula is C34H40N4O6. The molecule has 4 amide bonds. The minimum absolute atomic E-state index is 0.0184. The van der Waals surface area contributed by atoms with Crippen molar-refractivity contribution >= 4 is 40.4 Å². The summed E-state index contributed by atoms with van der Waals surface area (Å²) in [6.07, 6.45) is 2.45. The van der Waals surface area contributed by atoms with Gasteiger partial charge in [0.2, 0.25) is 0 Å². The van der Waals surface area contributed by atoms with Gasteiger partial charge in [0, 0.05) is 18.7 Å². The highest BCUT2D eigenvalue weighted by molar-refractivity contribution is 6.35. The molecule has 0 radical (unpaired) electrons. The normalized spacial score (nSPS) is 12.7. The predicted molar refractivity (Wildman–Crippen MR) is 169 cm³/mol. The fraction of sp³-hybridized carbons (Fsp3) is 0.324. The Hall–Kier alpha value is -4.99. The third-order valence-electron chi connectivity index (χ3n) is 6.58. The summed E-state index contributed by atoms with van der Waals surface area (Å²) in [6, 6.07) is 19.8. The number of ketones is 1. The Morgan fingerprint density at radius 3 is 2.23 bits per heavy atom. The molecule has 3 aromatic carbocycles. The molecule has 2 atom stereocenters. The van der Waals surface area contributed by atoms with Crippen LogP contribution in [-0.4, -0.2) is 47.8 Å². The highest BCUT2D eigenvalue weighted by atomic mass is 16.6. The molecule has 232 valence electrons. The lowest BCUT2D eigenvalue weighted by molar-refractivity contribution is -0.139. The summed E-state index contributed by atoms with van der Waals surface area (Å²) in [7, 11) is 0. The number of benzene rings is 3. The Morgan fingerprint density at radius 2 is 1.48 bits per heavy atom. The predicted octanol–water partition coefficient (Wildman–Crippen LogP) is 4.49. The van der Waals surface area contributed by atoms with E-state index in [-0.39, 0.29) is 30.8 Å². The molecule has 0 heterocycles. The number of ether oxygens (including phenoxy) is 1. The van der Waals surface area contributed by atoms with Gasteiger partial charge in [-0.1, -0.05) is 66.7 Å². The monoisotopic (exact) mass is 600 g/mol. The van der Waals surface area contributed by atoms with Crippen molar-refractivity contribution in [2.75, 3.05) is 6.54 Å². The van der Waals surface area contributed by atoms with Crippen LogP contribution in [0.1, 0.15) is 68.6 Å². The Labute approximate surface area is 257 Å². The number of carbonyl (C=O) groups excluding carboxylic acids is 5. The molecule has 44 heavy (non-hydrogen) atoms. The summed E-state index contributed by atoms with van der Waals surface area (Å²) in [5.41, 5.74) is 1.27. The average molecular weight is 601 g/mol. The number of carbonyl (C=O) groups is 5. The summed E-state index contributed by atoms with van der Waals surface area (Å²) in [5, 5.41) is 12.7. The van der Waals surface area contributed by atoms with Gasteiger partial charge in [-0.25, -0.2) is 4.79 Å². The van der Waals surface area contributed by atoms with Crippen LogP contribution in [0.2, 0.25) is 0 Å². The van der Waals surface area contributed by atoms with Crippen LogP contribution in [0, 0.1) is 0 Å². The third-order valence-corrected chi connectivity index (χ3v) is 6.58. The van der Waals surface area contributed by atoms with Crippen molar-refractivity contribution in [3.8, 4) is 0 Å². The van der Waals surface area contributed by atoms with Crippen molar-refractivity contribution in [3.05, 3.63) is 95.6 Å². The SMILES string of the molecule is CC(NC(=O)OC(C)(C)C)C(=O)/C=C/CCNC(=O)C(=O)NCc1ccccc1C(=O)N[C@H](C)c1cccc2ccccc12. The summed E-state index contributed by atoms with van der Waals surface area (Å²) in [5.74, 6) is -2.32. The van der Waals surface area contributed by atoms with Gasteiger partial charge in [-0.05, 0) is 75.1 Å². The lowest BCUT2D eigenvalue weighted by Crippen LogP contribution is -2.41. The molecule has 0 spiro atoms. The Bertz CT molecular complexity index is 1540. The lowest BCUT2D eigenvalue weighted by atomic mass is 9.99. The zero-order chi connectivity index (χ0) is 32.3. The maximum absolute atomic E-state index is 13.2. The van der Waals surface area contributed by atoms with Gasteiger partial charge < -0.3 is 26.0 Å². The van der Waals surface area contributed by atoms with E-state index >= 15 is 0 Å². The van der Waals surface area contributed by atoms with Crippen LogP contribution in [0.4, 0.5) is 4.79 Å². The second-order valence-corrected chi connectivity index (χ2v) is 11.3. The van der Waals surface area contributed by atoms with Crippen molar-refractivity contribution in [2.24, 2.45) is 0 Å². The van der Waals surface area contributed by atoms with Gasteiger partial charge in [0.1, 0.15) is 5.60 Å². The van der Waals surface area contributed by atoms with Gasteiger partial charge in [-0.15, -0.1) is 0 Å². The topological polar surface area (TPSA) is 143 Å². The standard InChI is InChI=1S/C34H40N4O6/c1-22(26-18-12-15-24-13-6-8-16-27(24)26)37-30(40)28-17-9-7-14-25(28)21-36-32(42)31(41)35-20-11-10-19-29(39)23(2)38-33(43)44-34(3,4)5/h6-10,12-19,22-23H,11,20-21H2,1-5H3,(H,35,41)(H,36,42)(H,37,40)(H,38,43)/b19-10+/t22-,23?/m1/s1. The first-order chi connectivity index (χ1) is 20.9. The van der Waals surface area contributed by atoms with E-state index in [4.69, 9.17) is 4.74 Å². The largest absolute Gasteiger partial charge is 0.444 e. The number of amides is 4. The summed E-state index contributed by atoms with van der Waals surface area (Å²) in [6.45, 7) is 8.73. The lowest BCUT2D eigenvalue weighted by Gasteiger charge is -2.21. The van der Waals surface area contributed by atoms with Gasteiger partial charge in [0.05, 0.1) is 12.1 Å². The van der Waals surface area contributed by atoms with Crippen molar-refractivity contribution < 1.29 is 28.7 Å². The van der Waals surface area contributed by atoms with E-state index in [0.29, 0.717) is 17.5 Å². The first-order valence-corrected chi connectivity index (χ1v) is 14.5. The van der Waals surface area contributed by atoms with Crippen molar-refractivity contribution in [1.29, 1.82) is 0 Å². The Balaban J connectivity index is 1.46. The molecule has 10 nitrogen and oxygen atoms in total. The molecule has 0 aliphatic heterocycles. The molecular weight excluding hydrogens is 560 g/mol. The number of hydrogen-bond acceptors (Lipinski definition) is 6. The molecule has 0 bridgehead atoms. The van der Waals surface area contributed by atoms with Crippen molar-refractivity contribution in [1.82, 2.24) is 21.3 Å². The number of alkyl carbamates (subject to hydrolysis) is 1. The van der Waals surface area contributed by atoms with Gasteiger partial charge in [0.15, 0.2) is 5.78 Å². The maximum Gasteiger partial charge on any atom is 0.408 e. The Kier molecular flexibility index (Phi) is 11.8. The molecule has 0 aliphatic carbocycles. The first-order valence-electron chi connectivity index (χ1n) is 14.5. The van der Waals surface area contributed by atoms with Crippen LogP contribution in [0.25, 0.3) is 10.8 Å². The van der Waals surface area contributed by atoms with Crippen LogP contribution in [-0.2, 0) is 25.7 Å². The minimum atomic E-state index is -0.848. The number of nitrogens with one attached hydrogen (secondary N) is 4. The van der Waals surface area contributed by atoms with Crippen LogP contribution in [0.5, 0.6) is 0 Å². The van der Waals surface area contributed by atoms with E-state index in [1.807, 2.05) is 49.4 Å². The van der Waals surface area contributed by atoms with Crippen LogP contribution in [0.15, 0.2) is 78.9 Å². The number of fused-ring (bicyclic) bond motifs is 1. The molecule has 3 rings (SSSR count). The molecule has 1 unspecified atom stereocenters. The number of rotatable bonds is 11. The smallest absolute Gasteiger partial charge is 0.408 e. The summed E-state index contributed by atoms with van der Waals surface area (Å²) >= 11 is 0. The highest BCUT2D eigenvalue weighted by Gasteiger charge is 2.20. The molecule has 4 N–H and O–H groups in total. The van der Waals surface area contributed by atoms with Gasteiger partial charge in [-0.2, -0.15) is 0 Å². The number of hydrogen-bond donors (Lipinski definition) is 4. The van der Waals surface area contributed by atoms with Crippen molar-refractivity contribution in [3.63, 3.8) is 0 Å². The molecule has 3 aromatic rings. The van der Waals surface area contributed by atoms with E-state index in [2.05, 4.69) is 21.3 Å². The van der Waals surface area contributed by atoms with E-state index in [0.717, 1.165) is 16.3 Å². The molecule has 0 fully saturated rings. The fourth-order valence-electron chi connectivity index (χ4n) is 4.38. The molecule has 0 saturated heterocycles. The minimum Gasteiger partial charge on any atom is -0.444 e. The first kappa shape index (κ1) is 33.5. The second kappa shape index (κ2) is 15.5. The second-order valence-electron chi connectivity index (χ2n) is 11.3. The van der Waals surface area contributed by atoms with E-state index < -0.39 is 29.6 Å². The molecule has 0 aromatic heterocycles. The third kappa shape index (κ3) is 10.1. The maximum atomic E-state index is 13.2. The zero-order valence-electron chi connectivity index (χ0n) is 25.7. The average Bonchev–Trinajstić information content (AvgIpc) is 2.98. The molecule has 10 heteroatoms. The van der Waals surface area contributed by atoms with Crippen LogP contribution in [0.3, 0.4) is 0 Å². The summed E-state index contributed by atoms with van der Waals surface area (Å²) in [4.78, 5) is 61.9. The van der Waals surface area contributed by atoms with Gasteiger partial charge >= 0.3 is 17.9 Å². The zero-order valence-corrected chi connectivity index (χ0v) is 25.7. The van der Waals surface area contributed by atoms with E-state index in [1.54, 1.807) is 51.1 Å². The Morgan fingerprint density at radius 1 is 0.818 bits per heavy atom. The van der Waals surface area contributed by atoms with E-state index in [1.165, 1.54) is 13.0 Å². The molecule has 0 saturated carbocycles. The fourth-order valence-corrected chi connectivity index (χ4v) is 4.38. The van der Waals surface area contributed by atoms with Gasteiger partial charge in [-0.3, -0.25) is 19.2 Å². The summed E-state index contributed by atoms with van der Waals surface area (Å²) < 4.78 is 5.13. The van der Waals surface area contributed by atoms with Gasteiger partial charge in [0.25, 0.3) is 5.91 Å². The van der Waals surface area contributed by atoms with Crippen LogP contribution >= 0.6 is 0 Å². The molecule has 0 aliphatic rings. The van der Waals surface area contributed by atoms with Crippen molar-refractivity contribution in [2.45, 2.75) is 65.3 Å².